The lowest BCUT2D eigenvalue weighted by Crippen LogP contribution is -2.22. The summed E-state index contributed by atoms with van der Waals surface area (Å²) in [5.74, 6) is 2.64. The SMILES string of the molecule is CCOc1ccc(NC(=O)c2cnn3c2NC(c2ccc(OC)cc2)=CC3c2ccc(OC)cc2)cc1. The molecule has 1 aromatic heterocycles. The molecular formula is C29H28N4O4. The Morgan fingerprint density at radius 2 is 1.54 bits per heavy atom. The fourth-order valence-corrected chi connectivity index (χ4v) is 4.24. The van der Waals surface area contributed by atoms with Gasteiger partial charge in [0.2, 0.25) is 0 Å². The van der Waals surface area contributed by atoms with Crippen LogP contribution in [0, 0.1) is 0 Å². The van der Waals surface area contributed by atoms with E-state index < -0.39 is 0 Å². The van der Waals surface area contributed by atoms with E-state index >= 15 is 0 Å². The van der Waals surface area contributed by atoms with Gasteiger partial charge in [-0.2, -0.15) is 5.10 Å². The number of nitrogens with one attached hydrogen (secondary N) is 2. The van der Waals surface area contributed by atoms with Crippen LogP contribution in [0.15, 0.2) is 85.1 Å². The van der Waals surface area contributed by atoms with Crippen molar-refractivity contribution >= 4 is 23.1 Å². The Morgan fingerprint density at radius 1 is 0.919 bits per heavy atom. The standard InChI is InChI=1S/C29H28N4O4/c1-4-37-24-15-9-21(10-16-24)31-29(34)25-18-30-33-27(20-7-13-23(36-3)14-8-20)17-26(32-28(25)33)19-5-11-22(35-2)12-6-19/h5-18,27,32H,4H2,1-3H3,(H,31,34). The van der Waals surface area contributed by atoms with E-state index in [0.29, 0.717) is 23.7 Å². The van der Waals surface area contributed by atoms with Gasteiger partial charge in [-0.3, -0.25) is 4.79 Å². The molecule has 4 aromatic rings. The third-order valence-electron chi connectivity index (χ3n) is 6.16. The zero-order chi connectivity index (χ0) is 25.8. The van der Waals surface area contributed by atoms with Crippen molar-refractivity contribution in [3.63, 3.8) is 0 Å². The highest BCUT2D eigenvalue weighted by Crippen LogP contribution is 2.36. The van der Waals surface area contributed by atoms with Gasteiger partial charge in [0.1, 0.15) is 28.6 Å². The molecule has 1 aliphatic heterocycles. The van der Waals surface area contributed by atoms with Crippen LogP contribution in [0.2, 0.25) is 0 Å². The number of rotatable bonds is 8. The minimum absolute atomic E-state index is 0.230. The predicted octanol–water partition coefficient (Wildman–Crippen LogP) is 5.61. The average Bonchev–Trinajstić information content (AvgIpc) is 3.38. The Balaban J connectivity index is 1.49. The van der Waals surface area contributed by atoms with Gasteiger partial charge in [0.25, 0.3) is 5.91 Å². The van der Waals surface area contributed by atoms with E-state index in [-0.39, 0.29) is 11.9 Å². The number of anilines is 2. The molecule has 1 atom stereocenters. The van der Waals surface area contributed by atoms with Gasteiger partial charge in [-0.05, 0) is 84.8 Å². The normalized spacial score (nSPS) is 14.1. The molecule has 2 heterocycles. The molecule has 3 aromatic carbocycles. The number of carbonyl (C=O) groups is 1. The Labute approximate surface area is 215 Å². The summed E-state index contributed by atoms with van der Waals surface area (Å²) in [5.41, 5.74) is 3.95. The Morgan fingerprint density at radius 3 is 2.16 bits per heavy atom. The van der Waals surface area contributed by atoms with E-state index in [1.807, 2.05) is 84.4 Å². The van der Waals surface area contributed by atoms with E-state index in [1.54, 1.807) is 20.4 Å². The van der Waals surface area contributed by atoms with Crippen molar-refractivity contribution in [1.82, 2.24) is 9.78 Å². The molecule has 0 bridgehead atoms. The van der Waals surface area contributed by atoms with Crippen LogP contribution in [0.5, 0.6) is 17.2 Å². The molecule has 0 saturated carbocycles. The molecule has 0 spiro atoms. The molecule has 1 aliphatic rings. The maximum Gasteiger partial charge on any atom is 0.261 e. The molecule has 2 N–H and O–H groups in total. The highest BCUT2D eigenvalue weighted by Gasteiger charge is 2.28. The van der Waals surface area contributed by atoms with Gasteiger partial charge in [-0.1, -0.05) is 12.1 Å². The van der Waals surface area contributed by atoms with Crippen LogP contribution in [0.3, 0.4) is 0 Å². The van der Waals surface area contributed by atoms with Crippen LogP contribution in [-0.4, -0.2) is 36.5 Å². The van der Waals surface area contributed by atoms with Gasteiger partial charge in [0.05, 0.1) is 33.1 Å². The third kappa shape index (κ3) is 4.99. The Kier molecular flexibility index (Phi) is 6.81. The van der Waals surface area contributed by atoms with Crippen LogP contribution in [0.1, 0.15) is 34.5 Å². The maximum atomic E-state index is 13.3. The molecule has 0 saturated heterocycles. The summed E-state index contributed by atoms with van der Waals surface area (Å²) < 4.78 is 18.0. The van der Waals surface area contributed by atoms with Crippen LogP contribution < -0.4 is 24.8 Å². The largest absolute Gasteiger partial charge is 0.497 e. The maximum absolute atomic E-state index is 13.3. The van der Waals surface area contributed by atoms with Crippen LogP contribution in [0.25, 0.3) is 5.70 Å². The second kappa shape index (κ2) is 10.5. The monoisotopic (exact) mass is 496 g/mol. The number of nitrogens with zero attached hydrogens (tertiary/aromatic N) is 2. The number of fused-ring (bicyclic) bond motifs is 1. The molecule has 37 heavy (non-hydrogen) atoms. The fraction of sp³-hybridized carbons (Fsp3) is 0.172. The van der Waals surface area contributed by atoms with E-state index in [4.69, 9.17) is 14.2 Å². The van der Waals surface area contributed by atoms with Crippen molar-refractivity contribution in [2.24, 2.45) is 0 Å². The minimum Gasteiger partial charge on any atom is -0.497 e. The van der Waals surface area contributed by atoms with Gasteiger partial charge >= 0.3 is 0 Å². The first-order valence-electron chi connectivity index (χ1n) is 12.0. The highest BCUT2D eigenvalue weighted by molar-refractivity contribution is 6.08. The summed E-state index contributed by atoms with van der Waals surface area (Å²) >= 11 is 0. The lowest BCUT2D eigenvalue weighted by molar-refractivity contribution is 0.102. The summed E-state index contributed by atoms with van der Waals surface area (Å²) in [6, 6.07) is 22.7. The van der Waals surface area contributed by atoms with Gasteiger partial charge in [-0.15, -0.1) is 0 Å². The minimum atomic E-state index is -0.262. The summed E-state index contributed by atoms with van der Waals surface area (Å²) in [4.78, 5) is 13.3. The molecule has 188 valence electrons. The van der Waals surface area contributed by atoms with Crippen LogP contribution >= 0.6 is 0 Å². The molecule has 0 radical (unpaired) electrons. The summed E-state index contributed by atoms with van der Waals surface area (Å²) in [6.45, 7) is 2.51. The molecule has 0 fully saturated rings. The van der Waals surface area contributed by atoms with Crippen molar-refractivity contribution in [3.8, 4) is 17.2 Å². The Hall–Kier alpha value is -4.72. The average molecular weight is 497 g/mol. The number of aromatic nitrogens is 2. The topological polar surface area (TPSA) is 86.6 Å². The summed E-state index contributed by atoms with van der Waals surface area (Å²) in [5, 5.41) is 11.0. The zero-order valence-corrected chi connectivity index (χ0v) is 20.9. The van der Waals surface area contributed by atoms with Gasteiger partial charge < -0.3 is 24.8 Å². The lowest BCUT2D eigenvalue weighted by atomic mass is 10.0. The number of carbonyl (C=O) groups excluding carboxylic acids is 1. The first kappa shape index (κ1) is 24.0. The molecule has 5 rings (SSSR count). The first-order chi connectivity index (χ1) is 18.1. The number of benzene rings is 3. The number of allylic oxidation sites excluding steroid dienone is 1. The first-order valence-corrected chi connectivity index (χ1v) is 12.0. The van der Waals surface area contributed by atoms with Crippen LogP contribution in [-0.2, 0) is 0 Å². The number of amides is 1. The van der Waals surface area contributed by atoms with Crippen molar-refractivity contribution in [2.75, 3.05) is 31.5 Å². The van der Waals surface area contributed by atoms with Gasteiger partial charge in [-0.25, -0.2) is 4.68 Å². The second-order valence-corrected chi connectivity index (χ2v) is 8.41. The molecule has 1 amide bonds. The summed E-state index contributed by atoms with van der Waals surface area (Å²) in [6.07, 6.45) is 3.69. The highest BCUT2D eigenvalue weighted by atomic mass is 16.5. The number of ether oxygens (including phenoxy) is 3. The van der Waals surface area contributed by atoms with Gasteiger partial charge in [0.15, 0.2) is 0 Å². The van der Waals surface area contributed by atoms with E-state index in [0.717, 1.165) is 34.1 Å². The zero-order valence-electron chi connectivity index (χ0n) is 20.9. The number of methoxy groups -OCH3 is 2. The van der Waals surface area contributed by atoms with Crippen molar-refractivity contribution < 1.29 is 19.0 Å². The third-order valence-corrected chi connectivity index (χ3v) is 6.16. The number of hydrogen-bond donors (Lipinski definition) is 2. The molecule has 8 heteroatoms. The second-order valence-electron chi connectivity index (χ2n) is 8.41. The lowest BCUT2D eigenvalue weighted by Gasteiger charge is -2.26. The smallest absolute Gasteiger partial charge is 0.261 e. The molecular weight excluding hydrogens is 468 g/mol. The number of hydrogen-bond acceptors (Lipinski definition) is 6. The van der Waals surface area contributed by atoms with E-state index in [1.165, 1.54) is 0 Å². The van der Waals surface area contributed by atoms with E-state index in [9.17, 15) is 4.79 Å². The van der Waals surface area contributed by atoms with Gasteiger partial charge in [0, 0.05) is 11.4 Å². The fourth-order valence-electron chi connectivity index (χ4n) is 4.24. The predicted molar refractivity (Wildman–Crippen MR) is 144 cm³/mol. The quantitative estimate of drug-likeness (QED) is 0.330. The Bertz CT molecular complexity index is 1410. The molecule has 8 nitrogen and oxygen atoms in total. The van der Waals surface area contributed by atoms with Crippen molar-refractivity contribution in [3.05, 3.63) is 102 Å². The van der Waals surface area contributed by atoms with Crippen molar-refractivity contribution in [2.45, 2.75) is 13.0 Å². The van der Waals surface area contributed by atoms with Crippen molar-refractivity contribution in [1.29, 1.82) is 0 Å². The molecule has 1 unspecified atom stereocenters. The molecule has 0 aliphatic carbocycles. The van der Waals surface area contributed by atoms with E-state index in [2.05, 4.69) is 21.8 Å². The van der Waals surface area contributed by atoms with Crippen LogP contribution in [0.4, 0.5) is 11.5 Å². The summed E-state index contributed by atoms with van der Waals surface area (Å²) in [7, 11) is 3.28.